The maximum atomic E-state index is 13.7. The van der Waals surface area contributed by atoms with E-state index in [-0.39, 0.29) is 22.6 Å². The van der Waals surface area contributed by atoms with E-state index in [2.05, 4.69) is 10.2 Å². The van der Waals surface area contributed by atoms with Crippen LogP contribution in [-0.2, 0) is 21.8 Å². The van der Waals surface area contributed by atoms with Gasteiger partial charge in [0.05, 0.1) is 18.2 Å². The van der Waals surface area contributed by atoms with E-state index >= 15 is 0 Å². The Morgan fingerprint density at radius 1 is 1.14 bits per heavy atom. The summed E-state index contributed by atoms with van der Waals surface area (Å²) >= 11 is 8.96. The second kappa shape index (κ2) is 12.4. The van der Waals surface area contributed by atoms with Crippen LogP contribution in [0.1, 0.15) is 48.6 Å². The maximum absolute atomic E-state index is 13.7. The fourth-order valence-corrected chi connectivity index (χ4v) is 7.33. The molecule has 1 fully saturated rings. The highest BCUT2D eigenvalue weighted by molar-refractivity contribution is 8.00. The number of carbonyl (C=O) groups excluding carboxylic acids is 2. The molecule has 1 N–H and O–H groups in total. The van der Waals surface area contributed by atoms with Crippen LogP contribution in [0.5, 0.6) is 11.5 Å². The minimum absolute atomic E-state index is 0.0196. The highest BCUT2D eigenvalue weighted by Gasteiger charge is 2.48. The molecule has 4 aromatic rings. The Bertz CT molecular complexity index is 1740. The number of aliphatic hydroxyl groups is 1. The van der Waals surface area contributed by atoms with Gasteiger partial charge < -0.3 is 14.6 Å². The van der Waals surface area contributed by atoms with Gasteiger partial charge in [-0.05, 0) is 66.4 Å². The van der Waals surface area contributed by atoms with Gasteiger partial charge in [-0.3, -0.25) is 14.5 Å². The summed E-state index contributed by atoms with van der Waals surface area (Å²) in [5, 5.41) is 21.1. The highest BCUT2D eigenvalue weighted by atomic mass is 35.5. The fourth-order valence-electron chi connectivity index (χ4n) is 5.18. The third-order valence-corrected chi connectivity index (χ3v) is 9.64. The highest BCUT2D eigenvalue weighted by Crippen LogP contribution is 2.45. The van der Waals surface area contributed by atoms with Crippen LogP contribution < -0.4 is 14.4 Å². The summed E-state index contributed by atoms with van der Waals surface area (Å²) in [5.41, 5.74) is 2.90. The summed E-state index contributed by atoms with van der Waals surface area (Å²) in [6, 6.07) is 19.1. The monoisotopic (exact) mass is 633 g/mol. The molecule has 0 unspecified atom stereocenters. The van der Waals surface area contributed by atoms with Gasteiger partial charge in [-0.25, -0.2) is 0 Å². The first-order valence-corrected chi connectivity index (χ1v) is 16.1. The number of benzene rings is 3. The van der Waals surface area contributed by atoms with Gasteiger partial charge in [-0.15, -0.1) is 10.2 Å². The molecule has 220 valence electrons. The number of carbonyl (C=O) groups is 2. The van der Waals surface area contributed by atoms with Gasteiger partial charge in [0.2, 0.25) is 5.13 Å². The number of halogens is 1. The van der Waals surface area contributed by atoms with Gasteiger partial charge in [0.1, 0.15) is 23.4 Å². The van der Waals surface area contributed by atoms with Crippen molar-refractivity contribution in [2.24, 2.45) is 0 Å². The number of hydrogen-bond acceptors (Lipinski definition) is 9. The van der Waals surface area contributed by atoms with Crippen LogP contribution in [0, 0.1) is 0 Å². The number of thioether (sulfide) groups is 1. The zero-order valence-corrected chi connectivity index (χ0v) is 25.8. The molecular formula is C32H28ClN3O5S2. The molecule has 3 heterocycles. The van der Waals surface area contributed by atoms with Gasteiger partial charge >= 0.3 is 5.91 Å². The van der Waals surface area contributed by atoms with Crippen molar-refractivity contribution in [1.82, 2.24) is 10.2 Å². The number of anilines is 1. The maximum Gasteiger partial charge on any atom is 0.301 e. The third-order valence-electron chi connectivity index (χ3n) is 7.17. The number of ketones is 1. The van der Waals surface area contributed by atoms with Crippen LogP contribution >= 0.6 is 34.7 Å². The zero-order valence-electron chi connectivity index (χ0n) is 23.5. The molecule has 3 aromatic carbocycles. The van der Waals surface area contributed by atoms with Crippen LogP contribution in [0.15, 0.2) is 76.6 Å². The van der Waals surface area contributed by atoms with Gasteiger partial charge in [-0.2, -0.15) is 0 Å². The Morgan fingerprint density at radius 3 is 2.79 bits per heavy atom. The number of Topliss-reactive ketones (excluding diaryl/α,β-unsaturated/α-hetero) is 1. The number of nitrogens with zero attached hydrogens (tertiary/aromatic N) is 3. The summed E-state index contributed by atoms with van der Waals surface area (Å²) in [6.45, 7) is 4.50. The molecule has 11 heteroatoms. The Morgan fingerprint density at radius 2 is 1.98 bits per heavy atom. The van der Waals surface area contributed by atoms with Crippen molar-refractivity contribution < 1.29 is 24.2 Å². The van der Waals surface area contributed by atoms with Crippen LogP contribution in [0.4, 0.5) is 5.13 Å². The predicted molar refractivity (Wildman–Crippen MR) is 168 cm³/mol. The summed E-state index contributed by atoms with van der Waals surface area (Å²) in [5.74, 6) is 0.0650. The Hall–Kier alpha value is -3.86. The van der Waals surface area contributed by atoms with Crippen molar-refractivity contribution in [3.05, 3.63) is 99.6 Å². The molecule has 0 radical (unpaired) electrons. The first-order valence-electron chi connectivity index (χ1n) is 13.9. The average molecular weight is 634 g/mol. The van der Waals surface area contributed by atoms with Crippen molar-refractivity contribution in [1.29, 1.82) is 0 Å². The third kappa shape index (κ3) is 5.87. The van der Waals surface area contributed by atoms with E-state index in [0.29, 0.717) is 45.0 Å². The Labute approximate surface area is 262 Å². The molecule has 8 nitrogen and oxygen atoms in total. The van der Waals surface area contributed by atoms with Crippen LogP contribution in [-0.4, -0.2) is 39.7 Å². The van der Waals surface area contributed by atoms with E-state index in [1.54, 1.807) is 24.3 Å². The molecule has 0 spiro atoms. The lowest BCUT2D eigenvalue weighted by Gasteiger charge is -2.23. The van der Waals surface area contributed by atoms with Crippen molar-refractivity contribution in [3.8, 4) is 11.5 Å². The fraction of sp³-hybridized carbons (Fsp3) is 0.250. The summed E-state index contributed by atoms with van der Waals surface area (Å²) in [6.07, 6.45) is 1.53. The first-order chi connectivity index (χ1) is 20.8. The minimum Gasteiger partial charge on any atom is -0.507 e. The smallest absolute Gasteiger partial charge is 0.301 e. The van der Waals surface area contributed by atoms with Crippen LogP contribution in [0.2, 0.25) is 5.02 Å². The van der Waals surface area contributed by atoms with Gasteiger partial charge in [-0.1, -0.05) is 72.0 Å². The molecule has 6 rings (SSSR count). The molecule has 2 atom stereocenters. The largest absolute Gasteiger partial charge is 0.507 e. The molecule has 1 amide bonds. The first kappa shape index (κ1) is 29.2. The van der Waals surface area contributed by atoms with Gasteiger partial charge in [0.15, 0.2) is 4.34 Å². The molecule has 0 aliphatic carbocycles. The molecule has 1 aromatic heterocycles. The number of hydrogen-bond donors (Lipinski definition) is 1. The van der Waals surface area contributed by atoms with E-state index in [0.717, 1.165) is 23.3 Å². The standard InChI is InChI=1S/C32H28ClN3O5S2/c1-3-13-40-23-9-6-8-19(16-23)27-26(28(37)20-11-12-25-22(15-20)14-18(2)41-25)29(38)30(39)36(27)31-34-35-32(43-31)42-17-21-7-4-5-10-24(21)33/h4-12,15-16,18,27,37H,3,13-14,17H2,1-2H3/b28-26+/t18-,27-/m1/s1. The number of rotatable bonds is 9. The Kier molecular flexibility index (Phi) is 8.43. The van der Waals surface area contributed by atoms with E-state index in [1.807, 2.05) is 56.3 Å². The average Bonchev–Trinajstić information content (AvgIpc) is 3.70. The lowest BCUT2D eigenvalue weighted by molar-refractivity contribution is -0.132. The number of fused-ring (bicyclic) bond motifs is 1. The minimum atomic E-state index is -0.942. The van der Waals surface area contributed by atoms with Gasteiger partial charge in [0.25, 0.3) is 5.78 Å². The second-order valence-electron chi connectivity index (χ2n) is 10.3. The summed E-state index contributed by atoms with van der Waals surface area (Å²) in [4.78, 5) is 28.6. The van der Waals surface area contributed by atoms with Crippen molar-refractivity contribution in [2.75, 3.05) is 11.5 Å². The quantitative estimate of drug-likeness (QED) is 0.0678. The molecule has 0 saturated carbocycles. The normalized spacial score (nSPS) is 19.0. The van der Waals surface area contributed by atoms with Gasteiger partial charge in [0, 0.05) is 22.8 Å². The number of ether oxygens (including phenoxy) is 2. The second-order valence-corrected chi connectivity index (χ2v) is 12.9. The number of aromatic nitrogens is 2. The van der Waals surface area contributed by atoms with E-state index in [4.69, 9.17) is 21.1 Å². The van der Waals surface area contributed by atoms with E-state index < -0.39 is 17.7 Å². The number of amides is 1. The molecular weight excluding hydrogens is 606 g/mol. The lowest BCUT2D eigenvalue weighted by Crippen LogP contribution is -2.29. The van der Waals surface area contributed by atoms with E-state index in [1.165, 1.54) is 28.0 Å². The zero-order chi connectivity index (χ0) is 30.1. The summed E-state index contributed by atoms with van der Waals surface area (Å²) < 4.78 is 12.3. The van der Waals surface area contributed by atoms with Crippen LogP contribution in [0.25, 0.3) is 5.76 Å². The topological polar surface area (TPSA) is 102 Å². The molecule has 43 heavy (non-hydrogen) atoms. The SMILES string of the molecule is CCCOc1cccc([C@@H]2/C(=C(\O)c3ccc4c(c3)C[C@@H](C)O4)C(=O)C(=O)N2c2nnc(SCc3ccccc3Cl)s2)c1. The lowest BCUT2D eigenvalue weighted by atomic mass is 9.94. The molecule has 2 aliphatic heterocycles. The van der Waals surface area contributed by atoms with Crippen molar-refractivity contribution in [3.63, 3.8) is 0 Å². The predicted octanol–water partition coefficient (Wildman–Crippen LogP) is 7.22. The summed E-state index contributed by atoms with van der Waals surface area (Å²) in [7, 11) is 0. The van der Waals surface area contributed by atoms with Crippen molar-refractivity contribution >= 4 is 57.3 Å². The van der Waals surface area contributed by atoms with Crippen LogP contribution in [0.3, 0.4) is 0 Å². The van der Waals surface area contributed by atoms with E-state index in [9.17, 15) is 14.7 Å². The molecule has 2 aliphatic rings. The molecule has 0 bridgehead atoms. The molecule has 1 saturated heterocycles. The number of aliphatic hydroxyl groups excluding tert-OH is 1. The Balaban J connectivity index is 1.40. The van der Waals surface area contributed by atoms with Crippen molar-refractivity contribution in [2.45, 2.75) is 48.9 Å².